The van der Waals surface area contributed by atoms with Gasteiger partial charge in [-0.25, -0.2) is 4.68 Å². The van der Waals surface area contributed by atoms with E-state index in [4.69, 9.17) is 12.2 Å². The van der Waals surface area contributed by atoms with Crippen molar-refractivity contribution < 1.29 is 0 Å². The number of aromatic nitrogens is 4. The fourth-order valence-corrected chi connectivity index (χ4v) is 2.39. The number of aromatic amines is 1. The molecular weight excluding hydrogens is 196 g/mol. The van der Waals surface area contributed by atoms with E-state index >= 15 is 0 Å². The minimum Gasteiger partial charge on any atom is -0.242 e. The molecular formula is C9H16N4S. The first-order chi connectivity index (χ1) is 6.70. The average molecular weight is 212 g/mol. The number of hydrogen-bond donors (Lipinski definition) is 1. The maximum atomic E-state index is 5.02. The summed E-state index contributed by atoms with van der Waals surface area (Å²) in [7, 11) is 0. The van der Waals surface area contributed by atoms with E-state index < -0.39 is 0 Å². The number of hydrogen-bond acceptors (Lipinski definition) is 3. The van der Waals surface area contributed by atoms with Crippen LogP contribution in [0.25, 0.3) is 0 Å². The third-order valence-electron chi connectivity index (χ3n) is 3.28. The lowest BCUT2D eigenvalue weighted by molar-refractivity contribution is 0.281. The van der Waals surface area contributed by atoms with Gasteiger partial charge in [-0.05, 0) is 36.9 Å². The number of rotatable bonds is 3. The average Bonchev–Trinajstić information content (AvgIpc) is 2.73. The van der Waals surface area contributed by atoms with Gasteiger partial charge in [-0.3, -0.25) is 0 Å². The predicted octanol–water partition coefficient (Wildman–Crippen LogP) is 2.31. The molecule has 1 saturated carbocycles. The molecule has 5 heteroatoms. The molecule has 4 nitrogen and oxygen atoms in total. The highest BCUT2D eigenvalue weighted by atomic mass is 32.1. The molecule has 0 unspecified atom stereocenters. The van der Waals surface area contributed by atoms with Gasteiger partial charge in [0.15, 0.2) is 0 Å². The van der Waals surface area contributed by atoms with Crippen LogP contribution < -0.4 is 0 Å². The zero-order valence-corrected chi connectivity index (χ0v) is 9.31. The highest BCUT2D eigenvalue weighted by Gasteiger charge is 2.28. The molecule has 1 heterocycles. The Bertz CT molecular complexity index is 348. The van der Waals surface area contributed by atoms with E-state index in [1.807, 2.05) is 4.68 Å². The number of nitrogens with zero attached hydrogens (tertiary/aromatic N) is 3. The first-order valence-electron chi connectivity index (χ1n) is 5.18. The van der Waals surface area contributed by atoms with Crippen LogP contribution in [0.15, 0.2) is 0 Å². The van der Waals surface area contributed by atoms with Gasteiger partial charge in [0.1, 0.15) is 0 Å². The quantitative estimate of drug-likeness (QED) is 0.782. The van der Waals surface area contributed by atoms with Crippen LogP contribution in [0.5, 0.6) is 0 Å². The van der Waals surface area contributed by atoms with E-state index in [1.54, 1.807) is 0 Å². The standard InChI is InChI=1S/C9H16N4S/c1-9(4-2-3-5-9)6-7-13-8(14)10-11-12-13/h2-7H2,1H3,(H,10,12,14). The van der Waals surface area contributed by atoms with Crippen LogP contribution in [-0.4, -0.2) is 20.2 Å². The molecule has 1 aromatic rings. The molecule has 0 saturated heterocycles. The lowest BCUT2D eigenvalue weighted by Crippen LogP contribution is -2.15. The molecule has 0 aliphatic heterocycles. The van der Waals surface area contributed by atoms with Gasteiger partial charge in [0, 0.05) is 6.54 Å². The highest BCUT2D eigenvalue weighted by molar-refractivity contribution is 7.71. The van der Waals surface area contributed by atoms with Crippen molar-refractivity contribution in [3.8, 4) is 0 Å². The van der Waals surface area contributed by atoms with Gasteiger partial charge in [-0.1, -0.05) is 30.1 Å². The van der Waals surface area contributed by atoms with Crippen molar-refractivity contribution in [2.24, 2.45) is 5.41 Å². The van der Waals surface area contributed by atoms with E-state index in [0.717, 1.165) is 6.54 Å². The molecule has 0 amide bonds. The first-order valence-corrected chi connectivity index (χ1v) is 5.58. The van der Waals surface area contributed by atoms with E-state index in [1.165, 1.54) is 32.1 Å². The fraction of sp³-hybridized carbons (Fsp3) is 0.889. The van der Waals surface area contributed by atoms with Gasteiger partial charge in [0.2, 0.25) is 4.77 Å². The fourth-order valence-electron chi connectivity index (χ4n) is 2.22. The molecule has 1 aromatic heterocycles. The van der Waals surface area contributed by atoms with Gasteiger partial charge in [-0.2, -0.15) is 5.21 Å². The molecule has 78 valence electrons. The molecule has 1 aliphatic rings. The van der Waals surface area contributed by atoms with Crippen LogP contribution in [0.1, 0.15) is 39.0 Å². The summed E-state index contributed by atoms with van der Waals surface area (Å²) < 4.78 is 2.41. The molecule has 2 rings (SSSR count). The number of nitrogens with one attached hydrogen (secondary N) is 1. The van der Waals surface area contributed by atoms with Crippen LogP contribution in [0.2, 0.25) is 0 Å². The molecule has 1 fully saturated rings. The summed E-state index contributed by atoms with van der Waals surface area (Å²) >= 11 is 5.02. The molecule has 0 bridgehead atoms. The minimum absolute atomic E-state index is 0.514. The summed E-state index contributed by atoms with van der Waals surface area (Å²) in [6, 6.07) is 0. The van der Waals surface area contributed by atoms with Gasteiger partial charge in [0.05, 0.1) is 0 Å². The lowest BCUT2D eigenvalue weighted by atomic mass is 9.85. The van der Waals surface area contributed by atoms with Crippen molar-refractivity contribution in [3.63, 3.8) is 0 Å². The van der Waals surface area contributed by atoms with Crippen LogP contribution in [0.3, 0.4) is 0 Å². The number of tetrazole rings is 1. The monoisotopic (exact) mass is 212 g/mol. The Morgan fingerprint density at radius 3 is 2.79 bits per heavy atom. The Morgan fingerprint density at radius 1 is 1.50 bits per heavy atom. The Morgan fingerprint density at radius 2 is 2.21 bits per heavy atom. The van der Waals surface area contributed by atoms with Crippen molar-refractivity contribution in [1.82, 2.24) is 20.2 Å². The van der Waals surface area contributed by atoms with E-state index in [2.05, 4.69) is 22.4 Å². The predicted molar refractivity (Wildman–Crippen MR) is 56.4 cm³/mol. The summed E-state index contributed by atoms with van der Waals surface area (Å²) in [5, 5.41) is 10.2. The Hall–Kier alpha value is -0.710. The summed E-state index contributed by atoms with van der Waals surface area (Å²) in [6.07, 6.45) is 6.63. The molecule has 1 N–H and O–H groups in total. The van der Waals surface area contributed by atoms with Crippen LogP contribution in [0.4, 0.5) is 0 Å². The molecule has 0 atom stereocenters. The van der Waals surface area contributed by atoms with Crippen LogP contribution in [-0.2, 0) is 6.54 Å². The van der Waals surface area contributed by atoms with Gasteiger partial charge in [0.25, 0.3) is 0 Å². The number of aryl methyl sites for hydroxylation is 1. The molecule has 0 spiro atoms. The molecule has 0 radical (unpaired) electrons. The SMILES string of the molecule is CC1(CCn2[nH]nnc2=S)CCCC1. The zero-order chi connectivity index (χ0) is 10.0. The van der Waals surface area contributed by atoms with Crippen molar-refractivity contribution in [1.29, 1.82) is 0 Å². The minimum atomic E-state index is 0.514. The maximum absolute atomic E-state index is 5.02. The van der Waals surface area contributed by atoms with Crippen LogP contribution in [0, 0.1) is 10.2 Å². The lowest BCUT2D eigenvalue weighted by Gasteiger charge is -2.22. The first kappa shape index (κ1) is 9.83. The second-order valence-corrected chi connectivity index (χ2v) is 4.87. The van der Waals surface area contributed by atoms with E-state index in [0.29, 0.717) is 10.2 Å². The van der Waals surface area contributed by atoms with Crippen LogP contribution >= 0.6 is 12.2 Å². The Labute approximate surface area is 88.7 Å². The normalized spacial score (nSPS) is 20.1. The second kappa shape index (κ2) is 3.81. The van der Waals surface area contributed by atoms with Crippen molar-refractivity contribution >= 4 is 12.2 Å². The second-order valence-electron chi connectivity index (χ2n) is 4.50. The van der Waals surface area contributed by atoms with Crippen molar-refractivity contribution in [2.45, 2.75) is 45.6 Å². The Kier molecular flexibility index (Phi) is 2.67. The molecule has 1 aliphatic carbocycles. The summed E-state index contributed by atoms with van der Waals surface area (Å²) in [5.41, 5.74) is 0.514. The zero-order valence-electron chi connectivity index (χ0n) is 8.49. The molecule has 0 aromatic carbocycles. The third kappa shape index (κ3) is 2.03. The van der Waals surface area contributed by atoms with Gasteiger partial charge in [-0.15, -0.1) is 0 Å². The summed E-state index contributed by atoms with van der Waals surface area (Å²) in [4.78, 5) is 0. The van der Waals surface area contributed by atoms with Gasteiger partial charge < -0.3 is 0 Å². The Balaban J connectivity index is 1.94. The number of H-pyrrole nitrogens is 1. The topological polar surface area (TPSA) is 46.5 Å². The van der Waals surface area contributed by atoms with Gasteiger partial charge >= 0.3 is 0 Å². The molecule has 14 heavy (non-hydrogen) atoms. The maximum Gasteiger partial charge on any atom is 0.238 e. The third-order valence-corrected chi connectivity index (χ3v) is 3.58. The van der Waals surface area contributed by atoms with Crippen molar-refractivity contribution in [2.75, 3.05) is 0 Å². The van der Waals surface area contributed by atoms with E-state index in [-0.39, 0.29) is 0 Å². The highest BCUT2D eigenvalue weighted by Crippen LogP contribution is 2.40. The largest absolute Gasteiger partial charge is 0.242 e. The summed E-state index contributed by atoms with van der Waals surface area (Å²) in [6.45, 7) is 3.29. The summed E-state index contributed by atoms with van der Waals surface area (Å²) in [5.74, 6) is 0. The van der Waals surface area contributed by atoms with Crippen molar-refractivity contribution in [3.05, 3.63) is 4.77 Å². The smallest absolute Gasteiger partial charge is 0.238 e. The van der Waals surface area contributed by atoms with E-state index in [9.17, 15) is 0 Å².